The van der Waals surface area contributed by atoms with E-state index in [1.165, 1.54) is 19.3 Å². The lowest BCUT2D eigenvalue weighted by Gasteiger charge is -2.17. The van der Waals surface area contributed by atoms with Gasteiger partial charge in [0.1, 0.15) is 11.6 Å². The molecule has 5 nitrogen and oxygen atoms in total. The van der Waals surface area contributed by atoms with Crippen molar-refractivity contribution >= 4 is 34.1 Å². The number of halogens is 1. The minimum Gasteiger partial charge on any atom is -0.497 e. The van der Waals surface area contributed by atoms with Crippen LogP contribution in [-0.2, 0) is 4.79 Å². The molecule has 0 unspecified atom stereocenters. The molecule has 1 heterocycles. The van der Waals surface area contributed by atoms with Crippen molar-refractivity contribution in [3.05, 3.63) is 101 Å². The van der Waals surface area contributed by atoms with E-state index in [0.29, 0.717) is 17.7 Å². The molecular formula is C27H23FN2O3. The number of nitrogens with zero attached hydrogens (tertiary/aromatic N) is 1. The number of benzene rings is 3. The largest absolute Gasteiger partial charge is 0.497 e. The quantitative estimate of drug-likeness (QED) is 0.265. The number of carbonyl (C=O) groups is 1. The zero-order chi connectivity index (χ0) is 23.4. The molecule has 0 radical (unpaired) electrons. The maximum absolute atomic E-state index is 15.1. The Morgan fingerprint density at radius 1 is 1.09 bits per heavy atom. The highest BCUT2D eigenvalue weighted by atomic mass is 19.1. The van der Waals surface area contributed by atoms with Crippen LogP contribution >= 0.6 is 0 Å². The number of carboxylic acids is 1. The van der Waals surface area contributed by atoms with Crippen LogP contribution in [0.15, 0.2) is 72.9 Å². The number of methoxy groups -OCH3 is 1. The first kappa shape index (κ1) is 22.0. The molecule has 4 aromatic rings. The Hall–Kier alpha value is -4.19. The average Bonchev–Trinajstić information content (AvgIpc) is 3.30. The monoisotopic (exact) mass is 442 g/mol. The van der Waals surface area contributed by atoms with E-state index >= 15 is 4.39 Å². The van der Waals surface area contributed by atoms with E-state index in [0.717, 1.165) is 44.8 Å². The van der Waals surface area contributed by atoms with Gasteiger partial charge in [0.2, 0.25) is 0 Å². The summed E-state index contributed by atoms with van der Waals surface area (Å²) in [6.45, 7) is 2.00. The third-order valence-electron chi connectivity index (χ3n) is 5.50. The number of aromatic nitrogens is 2. The first-order valence-corrected chi connectivity index (χ1v) is 10.5. The third-order valence-corrected chi connectivity index (χ3v) is 5.50. The molecule has 0 amide bonds. The second kappa shape index (κ2) is 9.53. The number of aromatic amines is 1. The van der Waals surface area contributed by atoms with E-state index in [9.17, 15) is 4.79 Å². The van der Waals surface area contributed by atoms with Crippen LogP contribution in [0.5, 0.6) is 5.75 Å². The van der Waals surface area contributed by atoms with Crippen molar-refractivity contribution < 1.29 is 19.0 Å². The summed E-state index contributed by atoms with van der Waals surface area (Å²) < 4.78 is 20.3. The highest BCUT2D eigenvalue weighted by Crippen LogP contribution is 2.37. The molecule has 2 N–H and O–H groups in total. The summed E-state index contributed by atoms with van der Waals surface area (Å²) in [5.74, 6) is -0.895. The van der Waals surface area contributed by atoms with Crippen LogP contribution in [0.2, 0.25) is 0 Å². The lowest BCUT2D eigenvalue weighted by Crippen LogP contribution is -1.98. The number of allylic oxidation sites excluding steroid dienone is 1. The van der Waals surface area contributed by atoms with Gasteiger partial charge in [-0.1, -0.05) is 37.3 Å². The molecule has 166 valence electrons. The zero-order valence-electron chi connectivity index (χ0n) is 18.3. The summed E-state index contributed by atoms with van der Waals surface area (Å²) in [6.07, 6.45) is 5.00. The second-order valence-corrected chi connectivity index (χ2v) is 7.52. The predicted molar refractivity (Wildman–Crippen MR) is 128 cm³/mol. The van der Waals surface area contributed by atoms with Gasteiger partial charge in [-0.3, -0.25) is 5.10 Å². The first-order valence-electron chi connectivity index (χ1n) is 10.5. The molecule has 6 heteroatoms. The molecule has 1 aromatic heterocycles. The van der Waals surface area contributed by atoms with Crippen LogP contribution in [0.3, 0.4) is 0 Å². The highest BCUT2D eigenvalue weighted by Gasteiger charge is 2.17. The van der Waals surface area contributed by atoms with Gasteiger partial charge in [0.05, 0.1) is 18.8 Å². The second-order valence-electron chi connectivity index (χ2n) is 7.52. The SMILES string of the molecule is CC/C(=C(/c1ccc(C=CC(=O)O)cc1)c1ccc2[nH]ncc2c1)c1ccc(OC)cc1F. The topological polar surface area (TPSA) is 75.2 Å². The zero-order valence-corrected chi connectivity index (χ0v) is 18.3. The van der Waals surface area contributed by atoms with Gasteiger partial charge in [-0.15, -0.1) is 0 Å². The summed E-state index contributed by atoms with van der Waals surface area (Å²) in [5, 5.41) is 16.9. The van der Waals surface area contributed by atoms with Gasteiger partial charge in [0.25, 0.3) is 0 Å². The number of aliphatic carboxylic acids is 1. The predicted octanol–water partition coefficient (Wildman–Crippen LogP) is 6.18. The fraction of sp³-hybridized carbons (Fsp3) is 0.111. The Morgan fingerprint density at radius 3 is 2.52 bits per heavy atom. The Balaban J connectivity index is 1.92. The summed E-state index contributed by atoms with van der Waals surface area (Å²) >= 11 is 0. The first-order chi connectivity index (χ1) is 16.0. The van der Waals surface area contributed by atoms with Gasteiger partial charge in [-0.25, -0.2) is 9.18 Å². The number of hydrogen-bond donors (Lipinski definition) is 2. The molecule has 0 aliphatic carbocycles. The smallest absolute Gasteiger partial charge is 0.328 e. The van der Waals surface area contributed by atoms with Gasteiger partial charge < -0.3 is 9.84 Å². The Bertz CT molecular complexity index is 1370. The van der Waals surface area contributed by atoms with E-state index in [1.54, 1.807) is 18.3 Å². The fourth-order valence-electron chi connectivity index (χ4n) is 3.91. The van der Waals surface area contributed by atoms with Crippen LogP contribution < -0.4 is 4.74 Å². The molecule has 33 heavy (non-hydrogen) atoms. The Labute approximate surface area is 190 Å². The standard InChI is InChI=1S/C27H23FN2O3/c1-3-22(23-11-10-21(33-2)15-24(23)28)27(19-9-12-25-20(14-19)16-29-30-25)18-7-4-17(5-8-18)6-13-26(31)32/h4-16H,3H2,1-2H3,(H,29,30)(H,31,32)/b13-6?,27-22+. The van der Waals surface area contributed by atoms with E-state index in [2.05, 4.69) is 10.2 Å². The molecule has 0 fully saturated rings. The van der Waals surface area contributed by atoms with Gasteiger partial charge in [-0.05, 0) is 64.6 Å². The highest BCUT2D eigenvalue weighted by molar-refractivity contribution is 6.00. The van der Waals surface area contributed by atoms with Gasteiger partial charge in [0, 0.05) is 23.1 Å². The van der Waals surface area contributed by atoms with Crippen LogP contribution in [0.1, 0.15) is 35.6 Å². The van der Waals surface area contributed by atoms with Crippen molar-refractivity contribution in [3.63, 3.8) is 0 Å². The van der Waals surface area contributed by atoms with Crippen molar-refractivity contribution in [3.8, 4) is 5.75 Å². The maximum Gasteiger partial charge on any atom is 0.328 e. The molecule has 0 saturated carbocycles. The normalized spacial score (nSPS) is 12.2. The van der Waals surface area contributed by atoms with Crippen LogP contribution in [0.4, 0.5) is 4.39 Å². The van der Waals surface area contributed by atoms with Crippen molar-refractivity contribution in [1.82, 2.24) is 10.2 Å². The molecule has 4 rings (SSSR count). The summed E-state index contributed by atoms with van der Waals surface area (Å²) in [4.78, 5) is 10.8. The third kappa shape index (κ3) is 4.70. The lowest BCUT2D eigenvalue weighted by molar-refractivity contribution is -0.131. The number of hydrogen-bond acceptors (Lipinski definition) is 3. The summed E-state index contributed by atoms with van der Waals surface area (Å²) in [6, 6.07) is 18.4. The van der Waals surface area contributed by atoms with Crippen molar-refractivity contribution in [2.75, 3.05) is 7.11 Å². The summed E-state index contributed by atoms with van der Waals surface area (Å²) in [7, 11) is 1.51. The minimum atomic E-state index is -1.00. The number of fused-ring (bicyclic) bond motifs is 1. The maximum atomic E-state index is 15.1. The van der Waals surface area contributed by atoms with Gasteiger partial charge in [0.15, 0.2) is 0 Å². The van der Waals surface area contributed by atoms with Gasteiger partial charge >= 0.3 is 5.97 Å². The molecule has 0 spiro atoms. The number of nitrogens with one attached hydrogen (secondary N) is 1. The van der Waals surface area contributed by atoms with Crippen molar-refractivity contribution in [2.24, 2.45) is 0 Å². The van der Waals surface area contributed by atoms with Crippen LogP contribution in [0, 0.1) is 5.82 Å². The number of ether oxygens (including phenoxy) is 1. The molecule has 0 saturated heterocycles. The van der Waals surface area contributed by atoms with Crippen molar-refractivity contribution in [2.45, 2.75) is 13.3 Å². The number of carboxylic acid groups (broad SMARTS) is 1. The molecule has 3 aromatic carbocycles. The molecule has 0 bridgehead atoms. The fourth-order valence-corrected chi connectivity index (χ4v) is 3.91. The molecular weight excluding hydrogens is 419 g/mol. The van der Waals surface area contributed by atoms with E-state index < -0.39 is 5.97 Å². The van der Waals surface area contributed by atoms with Gasteiger partial charge in [-0.2, -0.15) is 5.10 Å². The van der Waals surface area contributed by atoms with Crippen molar-refractivity contribution in [1.29, 1.82) is 0 Å². The van der Waals surface area contributed by atoms with Crippen LogP contribution in [-0.4, -0.2) is 28.4 Å². The number of rotatable bonds is 7. The molecule has 0 aliphatic heterocycles. The molecule has 0 atom stereocenters. The lowest BCUT2D eigenvalue weighted by atomic mass is 9.87. The molecule has 0 aliphatic rings. The number of H-pyrrole nitrogens is 1. The van der Waals surface area contributed by atoms with E-state index in [-0.39, 0.29) is 5.82 Å². The van der Waals surface area contributed by atoms with E-state index in [4.69, 9.17) is 9.84 Å². The average molecular weight is 442 g/mol. The Morgan fingerprint density at radius 2 is 1.85 bits per heavy atom. The van der Waals surface area contributed by atoms with Crippen LogP contribution in [0.25, 0.3) is 28.1 Å². The summed E-state index contributed by atoms with van der Waals surface area (Å²) in [5.41, 5.74) is 5.78. The Kier molecular flexibility index (Phi) is 6.36. The minimum absolute atomic E-state index is 0.353. The van der Waals surface area contributed by atoms with E-state index in [1.807, 2.05) is 49.4 Å².